The number of anilines is 1. The molecule has 1 aromatic heterocycles. The zero-order chi connectivity index (χ0) is 16.4. The van der Waals surface area contributed by atoms with Crippen LogP contribution in [0, 0.1) is 0 Å². The van der Waals surface area contributed by atoms with E-state index in [1.54, 1.807) is 5.51 Å². The summed E-state index contributed by atoms with van der Waals surface area (Å²) in [7, 11) is 0. The van der Waals surface area contributed by atoms with Crippen LogP contribution in [0.3, 0.4) is 0 Å². The van der Waals surface area contributed by atoms with Crippen molar-refractivity contribution in [3.05, 3.63) is 45.8 Å². The zero-order valence-electron chi connectivity index (χ0n) is 13.2. The van der Waals surface area contributed by atoms with Gasteiger partial charge in [-0.3, -0.25) is 5.32 Å². The third kappa shape index (κ3) is 3.38. The third-order valence-corrected chi connectivity index (χ3v) is 5.25. The molecule has 1 heterocycles. The number of benzene rings is 1. The summed E-state index contributed by atoms with van der Waals surface area (Å²) in [6.07, 6.45) is 0.909. The fourth-order valence-corrected chi connectivity index (χ4v) is 3.72. The van der Waals surface area contributed by atoms with Crippen LogP contribution in [0.25, 0.3) is 0 Å². The predicted molar refractivity (Wildman–Crippen MR) is 91.9 cm³/mol. The quantitative estimate of drug-likeness (QED) is 0.806. The molecule has 0 saturated carbocycles. The molecule has 0 aliphatic heterocycles. The highest BCUT2D eigenvalue weighted by atomic mass is 32.1. The molecule has 2 aromatic rings. The Balaban J connectivity index is 1.74. The summed E-state index contributed by atoms with van der Waals surface area (Å²) in [5, 5.41) is 16.0. The Kier molecular flexibility index (Phi) is 4.63. The van der Waals surface area contributed by atoms with Gasteiger partial charge >= 0.3 is 6.03 Å². The number of hydrogen-bond acceptors (Lipinski definition) is 4. The number of carbonyl (C=O) groups excluding carboxylic acids is 1. The Morgan fingerprint density at radius 3 is 2.96 bits per heavy atom. The molecule has 1 aliphatic rings. The lowest BCUT2D eigenvalue weighted by atomic mass is 9.86. The van der Waals surface area contributed by atoms with Gasteiger partial charge < -0.3 is 10.4 Å². The normalized spacial score (nSPS) is 20.2. The lowest BCUT2D eigenvalue weighted by molar-refractivity contribution is 0.114. The van der Waals surface area contributed by atoms with Crippen molar-refractivity contribution >= 4 is 23.2 Å². The molecule has 2 atom stereocenters. The second-order valence-corrected chi connectivity index (χ2v) is 6.99. The Morgan fingerprint density at radius 1 is 1.39 bits per heavy atom. The maximum atomic E-state index is 12.3. The predicted octanol–water partition coefficient (Wildman–Crippen LogP) is 3.44. The average Bonchev–Trinajstić information content (AvgIpc) is 2.98. The van der Waals surface area contributed by atoms with E-state index in [-0.39, 0.29) is 12.1 Å². The minimum Gasteiger partial charge on any atom is -0.391 e. The molecular weight excluding hydrogens is 310 g/mol. The van der Waals surface area contributed by atoms with Gasteiger partial charge in [0.05, 0.1) is 22.5 Å². The molecule has 6 heteroatoms. The van der Waals surface area contributed by atoms with Crippen LogP contribution in [0.15, 0.2) is 29.8 Å². The lowest BCUT2D eigenvalue weighted by Crippen LogP contribution is -2.41. The number of thiazole rings is 1. The van der Waals surface area contributed by atoms with E-state index in [4.69, 9.17) is 0 Å². The zero-order valence-corrected chi connectivity index (χ0v) is 14.1. The van der Waals surface area contributed by atoms with Crippen molar-refractivity contribution in [2.75, 3.05) is 5.32 Å². The second kappa shape index (κ2) is 6.68. The number of carbonyl (C=O) groups is 1. The van der Waals surface area contributed by atoms with Crippen molar-refractivity contribution in [1.29, 1.82) is 0 Å². The number of urea groups is 1. The van der Waals surface area contributed by atoms with Gasteiger partial charge in [-0.15, -0.1) is 11.3 Å². The van der Waals surface area contributed by atoms with E-state index in [2.05, 4.69) is 29.5 Å². The van der Waals surface area contributed by atoms with Gasteiger partial charge in [0.2, 0.25) is 0 Å². The average molecular weight is 331 g/mol. The molecule has 0 unspecified atom stereocenters. The molecule has 2 amide bonds. The number of fused-ring (bicyclic) bond motifs is 1. The van der Waals surface area contributed by atoms with Crippen LogP contribution in [0.4, 0.5) is 10.6 Å². The number of aliphatic hydroxyl groups is 1. The summed E-state index contributed by atoms with van der Waals surface area (Å²) in [6.45, 7) is 4.13. The summed E-state index contributed by atoms with van der Waals surface area (Å²) in [5.74, 6) is 0.903. The Hall–Kier alpha value is -1.92. The molecule has 3 N–H and O–H groups in total. The van der Waals surface area contributed by atoms with Crippen molar-refractivity contribution in [2.24, 2.45) is 0 Å². The van der Waals surface area contributed by atoms with Gasteiger partial charge in [-0.2, -0.15) is 0 Å². The summed E-state index contributed by atoms with van der Waals surface area (Å²) < 4.78 is 0. The number of nitrogens with one attached hydrogen (secondary N) is 2. The highest BCUT2D eigenvalue weighted by Gasteiger charge is 2.29. The number of hydrogen-bond donors (Lipinski definition) is 3. The molecule has 0 saturated heterocycles. The first-order valence-corrected chi connectivity index (χ1v) is 8.71. The highest BCUT2D eigenvalue weighted by molar-refractivity contribution is 7.10. The van der Waals surface area contributed by atoms with Crippen LogP contribution in [0.2, 0.25) is 0 Å². The molecule has 23 heavy (non-hydrogen) atoms. The van der Waals surface area contributed by atoms with Crippen molar-refractivity contribution in [3.63, 3.8) is 0 Å². The largest absolute Gasteiger partial charge is 0.391 e. The first-order chi connectivity index (χ1) is 11.1. The summed E-state index contributed by atoms with van der Waals surface area (Å²) in [6, 6.07) is 7.20. The molecule has 0 bridgehead atoms. The number of aliphatic hydroxyl groups excluding tert-OH is 1. The van der Waals surface area contributed by atoms with E-state index in [1.165, 1.54) is 16.9 Å². The topological polar surface area (TPSA) is 74.2 Å². The molecule has 0 fully saturated rings. The standard InChI is InChI=1S/C17H21N3O2S/c1-10(2)15-16(18-9-23-15)20-17(22)19-14-12-6-4-3-5-11(12)7-8-13(14)21/h3-6,9-10,13-14,21H,7-8H2,1-2H3,(H2,19,20,22)/t13-,14+/m1/s1. The lowest BCUT2D eigenvalue weighted by Gasteiger charge is -2.31. The second-order valence-electron chi connectivity index (χ2n) is 6.10. The Labute approximate surface area is 139 Å². The van der Waals surface area contributed by atoms with Gasteiger partial charge in [0.1, 0.15) is 5.82 Å². The van der Waals surface area contributed by atoms with E-state index in [1.807, 2.05) is 24.3 Å². The third-order valence-electron chi connectivity index (χ3n) is 4.12. The van der Waals surface area contributed by atoms with Crippen molar-refractivity contribution < 1.29 is 9.90 Å². The highest BCUT2D eigenvalue weighted by Crippen LogP contribution is 2.30. The van der Waals surface area contributed by atoms with E-state index < -0.39 is 6.10 Å². The van der Waals surface area contributed by atoms with E-state index in [0.29, 0.717) is 18.2 Å². The molecule has 0 radical (unpaired) electrons. The van der Waals surface area contributed by atoms with Crippen molar-refractivity contribution in [2.45, 2.75) is 44.8 Å². The van der Waals surface area contributed by atoms with Crippen LogP contribution in [-0.4, -0.2) is 22.2 Å². The fraction of sp³-hybridized carbons (Fsp3) is 0.412. The first kappa shape index (κ1) is 16.0. The molecule has 1 aromatic carbocycles. The molecule has 0 spiro atoms. The smallest absolute Gasteiger partial charge is 0.321 e. The minimum absolute atomic E-state index is 0.304. The molecule has 3 rings (SSSR count). The monoisotopic (exact) mass is 331 g/mol. The number of amides is 2. The Bertz CT molecular complexity index is 699. The van der Waals surface area contributed by atoms with Crippen molar-refractivity contribution in [3.8, 4) is 0 Å². The van der Waals surface area contributed by atoms with E-state index >= 15 is 0 Å². The number of nitrogens with zero attached hydrogens (tertiary/aromatic N) is 1. The SMILES string of the molecule is CC(C)c1scnc1NC(=O)N[C@H]1c2ccccc2CC[C@H]1O. The Morgan fingerprint density at radius 2 is 2.17 bits per heavy atom. The van der Waals surface area contributed by atoms with Gasteiger partial charge in [-0.25, -0.2) is 9.78 Å². The van der Waals surface area contributed by atoms with Gasteiger partial charge in [-0.1, -0.05) is 38.1 Å². The van der Waals surface area contributed by atoms with Crippen molar-refractivity contribution in [1.82, 2.24) is 10.3 Å². The van der Waals surface area contributed by atoms with E-state index in [0.717, 1.165) is 16.9 Å². The van der Waals surface area contributed by atoms with Crippen LogP contribution in [0.5, 0.6) is 0 Å². The maximum Gasteiger partial charge on any atom is 0.321 e. The molecule has 122 valence electrons. The van der Waals surface area contributed by atoms with Gasteiger partial charge in [0, 0.05) is 0 Å². The molecule has 5 nitrogen and oxygen atoms in total. The molecule has 1 aliphatic carbocycles. The van der Waals surface area contributed by atoms with Crippen LogP contribution in [0.1, 0.15) is 48.2 Å². The fourth-order valence-electron chi connectivity index (χ4n) is 2.96. The molecular formula is C17H21N3O2S. The van der Waals surface area contributed by atoms with Gasteiger partial charge in [0.25, 0.3) is 0 Å². The summed E-state index contributed by atoms with van der Waals surface area (Å²) >= 11 is 1.53. The summed E-state index contributed by atoms with van der Waals surface area (Å²) in [5.41, 5.74) is 3.90. The van der Waals surface area contributed by atoms with Gasteiger partial charge in [-0.05, 0) is 29.9 Å². The van der Waals surface area contributed by atoms with E-state index in [9.17, 15) is 9.90 Å². The number of aromatic nitrogens is 1. The number of aryl methyl sites for hydroxylation is 1. The van der Waals surface area contributed by atoms with Crippen LogP contribution < -0.4 is 10.6 Å². The maximum absolute atomic E-state index is 12.3. The number of rotatable bonds is 3. The van der Waals surface area contributed by atoms with Crippen LogP contribution in [-0.2, 0) is 6.42 Å². The summed E-state index contributed by atoms with van der Waals surface area (Å²) in [4.78, 5) is 17.6. The van der Waals surface area contributed by atoms with Crippen LogP contribution >= 0.6 is 11.3 Å². The first-order valence-electron chi connectivity index (χ1n) is 7.83. The van der Waals surface area contributed by atoms with Gasteiger partial charge in [0.15, 0.2) is 0 Å². The minimum atomic E-state index is -0.573.